The predicted molar refractivity (Wildman–Crippen MR) is 152 cm³/mol. The van der Waals surface area contributed by atoms with Gasteiger partial charge in [-0.15, -0.1) is 0 Å². The highest BCUT2D eigenvalue weighted by Crippen LogP contribution is 2.32. The summed E-state index contributed by atoms with van der Waals surface area (Å²) in [6, 6.07) is 8.35. The van der Waals surface area contributed by atoms with Gasteiger partial charge < -0.3 is 21.3 Å². The van der Waals surface area contributed by atoms with Crippen molar-refractivity contribution < 1.29 is 18.0 Å². The number of alkyl halides is 3. The van der Waals surface area contributed by atoms with Crippen LogP contribution in [0.3, 0.4) is 0 Å². The van der Waals surface area contributed by atoms with E-state index < -0.39 is 17.6 Å². The molecule has 0 spiro atoms. The lowest BCUT2D eigenvalue weighted by molar-refractivity contribution is -0.137. The third kappa shape index (κ3) is 6.93. The number of hydrogen-bond donors (Lipinski definition) is 4. The quantitative estimate of drug-likeness (QED) is 0.227. The predicted octanol–water partition coefficient (Wildman–Crippen LogP) is 4.45. The van der Waals surface area contributed by atoms with Crippen LogP contribution in [0.2, 0.25) is 0 Å². The highest BCUT2D eigenvalue weighted by Gasteiger charge is 2.32. The number of likely N-dealkylation sites (tertiary alicyclic amines) is 1. The zero-order valence-corrected chi connectivity index (χ0v) is 22.8. The first-order valence-corrected chi connectivity index (χ1v) is 13.0. The van der Waals surface area contributed by atoms with Gasteiger partial charge in [-0.25, -0.2) is 5.84 Å². The van der Waals surface area contributed by atoms with Crippen LogP contribution in [0, 0.1) is 13.8 Å². The Labute approximate surface area is 231 Å². The van der Waals surface area contributed by atoms with Crippen molar-refractivity contribution in [2.24, 2.45) is 18.6 Å². The van der Waals surface area contributed by atoms with Gasteiger partial charge >= 0.3 is 6.18 Å². The summed E-state index contributed by atoms with van der Waals surface area (Å²) in [7, 11) is 1.81. The molecule has 1 fully saturated rings. The number of hydrogen-bond acceptors (Lipinski definition) is 7. The highest BCUT2D eigenvalue weighted by molar-refractivity contribution is 6.05. The van der Waals surface area contributed by atoms with Crippen molar-refractivity contribution in [1.29, 1.82) is 0 Å². The van der Waals surface area contributed by atoms with E-state index in [2.05, 4.69) is 20.6 Å². The Bertz CT molecular complexity index is 1390. The van der Waals surface area contributed by atoms with Crippen LogP contribution in [0.5, 0.6) is 0 Å². The van der Waals surface area contributed by atoms with E-state index in [1.165, 1.54) is 11.1 Å². The number of rotatable bonds is 9. The molecule has 12 heteroatoms. The fourth-order valence-electron chi connectivity index (χ4n) is 4.63. The van der Waals surface area contributed by atoms with E-state index >= 15 is 0 Å². The van der Waals surface area contributed by atoms with Crippen LogP contribution in [-0.4, -0.2) is 46.8 Å². The third-order valence-corrected chi connectivity index (χ3v) is 7.05. The number of aromatic nitrogens is 2. The summed E-state index contributed by atoms with van der Waals surface area (Å²) in [5.41, 5.74) is 9.19. The number of nitrogens with two attached hydrogens (primary N) is 2. The Morgan fingerprint density at radius 2 is 1.85 bits per heavy atom. The van der Waals surface area contributed by atoms with Crippen molar-refractivity contribution in [3.63, 3.8) is 0 Å². The molecule has 2 heterocycles. The lowest BCUT2D eigenvalue weighted by Crippen LogP contribution is -2.27. The van der Waals surface area contributed by atoms with Gasteiger partial charge in [-0.2, -0.15) is 18.3 Å². The van der Waals surface area contributed by atoms with Gasteiger partial charge in [0.15, 0.2) is 0 Å². The minimum atomic E-state index is -4.60. The smallest absolute Gasteiger partial charge is 0.397 e. The molecule has 9 nitrogen and oxygen atoms in total. The Kier molecular flexibility index (Phi) is 8.70. The van der Waals surface area contributed by atoms with Gasteiger partial charge in [0.25, 0.3) is 5.91 Å². The summed E-state index contributed by atoms with van der Waals surface area (Å²) < 4.78 is 42.6. The second-order valence-corrected chi connectivity index (χ2v) is 9.99. The normalized spacial score (nSPS) is 14.4. The zero-order chi connectivity index (χ0) is 29.0. The molecule has 1 aliphatic heterocycles. The van der Waals surface area contributed by atoms with E-state index in [-0.39, 0.29) is 11.3 Å². The van der Waals surface area contributed by atoms with Gasteiger partial charge in [0.05, 0.1) is 23.1 Å². The molecule has 1 aliphatic rings. The van der Waals surface area contributed by atoms with Gasteiger partial charge in [-0.05, 0) is 75.7 Å². The number of carbonyl (C=O) groups is 1. The van der Waals surface area contributed by atoms with Crippen LogP contribution in [-0.2, 0) is 13.2 Å². The summed E-state index contributed by atoms with van der Waals surface area (Å²) in [5.74, 6) is 5.61. The molecule has 3 aromatic rings. The summed E-state index contributed by atoms with van der Waals surface area (Å²) in [4.78, 5) is 15.4. The van der Waals surface area contributed by atoms with Crippen molar-refractivity contribution >= 4 is 28.7 Å². The maximum absolute atomic E-state index is 13.6. The molecule has 1 aromatic heterocycles. The van der Waals surface area contributed by atoms with Crippen molar-refractivity contribution in [3.05, 3.63) is 76.7 Å². The standard InChI is InChI=1S/C28H35F3N8O/c1-18-6-7-22(15-26(18)39(33)17-25(32)24-16-35-37(3)19(24)2)36-27(40)20-12-21(28(29,30)31)14-23(13-20)34-8-11-38-9-4-5-10-38/h6-7,12-17,34H,4-5,8-11,32-33H2,1-3H3,(H,36,40)/b25-17-. The maximum Gasteiger partial charge on any atom is 0.416 e. The molecule has 0 atom stereocenters. The van der Waals surface area contributed by atoms with Gasteiger partial charge in [0.1, 0.15) is 0 Å². The fourth-order valence-corrected chi connectivity index (χ4v) is 4.63. The van der Waals surface area contributed by atoms with E-state index in [1.54, 1.807) is 42.3 Å². The monoisotopic (exact) mass is 556 g/mol. The second-order valence-electron chi connectivity index (χ2n) is 9.99. The summed E-state index contributed by atoms with van der Waals surface area (Å²) in [6.45, 7) is 6.90. The molecule has 2 aromatic carbocycles. The van der Waals surface area contributed by atoms with Crippen LogP contribution < -0.4 is 27.2 Å². The van der Waals surface area contributed by atoms with Crippen molar-refractivity contribution in [1.82, 2.24) is 14.7 Å². The highest BCUT2D eigenvalue weighted by atomic mass is 19.4. The number of hydrazine groups is 1. The largest absolute Gasteiger partial charge is 0.416 e. The first kappa shape index (κ1) is 29.0. The zero-order valence-electron chi connectivity index (χ0n) is 22.8. The summed E-state index contributed by atoms with van der Waals surface area (Å²) in [5, 5.41) is 11.3. The summed E-state index contributed by atoms with van der Waals surface area (Å²) in [6.07, 6.45) is 0.848. The molecular formula is C28H35F3N8O. The number of halogens is 3. The van der Waals surface area contributed by atoms with Crippen LogP contribution in [0.1, 0.15) is 45.6 Å². The number of benzene rings is 2. The van der Waals surface area contributed by atoms with E-state index in [0.717, 1.165) is 61.4 Å². The number of nitrogens with one attached hydrogen (secondary N) is 2. The molecule has 214 valence electrons. The number of nitrogens with zero attached hydrogens (tertiary/aromatic N) is 4. The molecular weight excluding hydrogens is 521 g/mol. The van der Waals surface area contributed by atoms with Crippen LogP contribution >= 0.6 is 0 Å². The minimum absolute atomic E-state index is 0.110. The molecule has 0 aliphatic carbocycles. The number of carbonyl (C=O) groups excluding carboxylic acids is 1. The van der Waals surface area contributed by atoms with Gasteiger partial charge in [0.2, 0.25) is 0 Å². The lowest BCUT2D eigenvalue weighted by atomic mass is 10.1. The average Bonchev–Trinajstić information content (AvgIpc) is 3.54. The molecule has 4 rings (SSSR count). The van der Waals surface area contributed by atoms with E-state index in [4.69, 9.17) is 11.6 Å². The second kappa shape index (κ2) is 12.0. The SMILES string of the molecule is Cc1ccc(NC(=O)c2cc(NCCN3CCCC3)cc(C(F)(F)F)c2)cc1N(N)/C=C(\N)c1cnn(C)c1C. The maximum atomic E-state index is 13.6. The third-order valence-electron chi connectivity index (χ3n) is 7.05. The first-order chi connectivity index (χ1) is 18.9. The molecule has 40 heavy (non-hydrogen) atoms. The van der Waals surface area contributed by atoms with Gasteiger partial charge in [0, 0.05) is 54.5 Å². The Morgan fingerprint density at radius 3 is 2.50 bits per heavy atom. The molecule has 0 unspecified atom stereocenters. The molecule has 0 saturated carbocycles. The molecule has 1 amide bonds. The lowest BCUT2D eigenvalue weighted by Gasteiger charge is -2.19. The summed E-state index contributed by atoms with van der Waals surface area (Å²) >= 11 is 0. The van der Waals surface area contributed by atoms with Crippen LogP contribution in [0.25, 0.3) is 5.70 Å². The van der Waals surface area contributed by atoms with E-state index in [9.17, 15) is 18.0 Å². The van der Waals surface area contributed by atoms with E-state index in [0.29, 0.717) is 23.6 Å². The van der Waals surface area contributed by atoms with Crippen LogP contribution in [0.15, 0.2) is 48.8 Å². The first-order valence-electron chi connectivity index (χ1n) is 13.0. The van der Waals surface area contributed by atoms with Crippen LogP contribution in [0.4, 0.5) is 30.2 Å². The Hall–Kier alpha value is -4.03. The van der Waals surface area contributed by atoms with Crippen molar-refractivity contribution in [2.75, 3.05) is 41.8 Å². The Balaban J connectivity index is 1.52. The van der Waals surface area contributed by atoms with E-state index in [1.807, 2.05) is 13.8 Å². The molecule has 0 radical (unpaired) electrons. The molecule has 6 N–H and O–H groups in total. The number of aryl methyl sites for hydroxylation is 2. The van der Waals surface area contributed by atoms with Crippen molar-refractivity contribution in [2.45, 2.75) is 32.9 Å². The minimum Gasteiger partial charge on any atom is -0.397 e. The van der Waals surface area contributed by atoms with Gasteiger partial charge in [-0.1, -0.05) is 6.07 Å². The fraction of sp³-hybridized carbons (Fsp3) is 0.357. The van der Waals surface area contributed by atoms with Crippen molar-refractivity contribution in [3.8, 4) is 0 Å². The Morgan fingerprint density at radius 1 is 1.12 bits per heavy atom. The molecule has 1 saturated heterocycles. The van der Waals surface area contributed by atoms with Gasteiger partial charge in [-0.3, -0.25) is 14.5 Å². The molecule has 0 bridgehead atoms. The number of anilines is 3. The topological polar surface area (TPSA) is 117 Å². The number of amides is 1. The average molecular weight is 557 g/mol.